The summed E-state index contributed by atoms with van der Waals surface area (Å²) in [5, 5.41) is 0. The van der Waals surface area contributed by atoms with Gasteiger partial charge in [0.1, 0.15) is 5.82 Å². The highest BCUT2D eigenvalue weighted by atomic mass is 79.9. The molecular formula is C14H10Br2N2. The molecule has 0 aliphatic carbocycles. The fourth-order valence-corrected chi connectivity index (χ4v) is 2.52. The Hall–Kier alpha value is -1.13. The number of hydrogen-bond donors (Lipinski definition) is 1. The molecule has 0 aliphatic heterocycles. The fraction of sp³-hybridized carbons (Fsp3) is 0.0714. The van der Waals surface area contributed by atoms with Crippen LogP contribution in [0.2, 0.25) is 0 Å². The van der Waals surface area contributed by atoms with Gasteiger partial charge in [0, 0.05) is 14.5 Å². The molecule has 0 fully saturated rings. The highest BCUT2D eigenvalue weighted by molar-refractivity contribution is 9.10. The third-order valence-corrected chi connectivity index (χ3v) is 4.26. The molecule has 3 aromatic rings. The van der Waals surface area contributed by atoms with Crippen LogP contribution in [0.25, 0.3) is 22.4 Å². The number of nitrogens with zero attached hydrogens (tertiary/aromatic N) is 1. The van der Waals surface area contributed by atoms with Gasteiger partial charge in [0.15, 0.2) is 0 Å². The van der Waals surface area contributed by atoms with Crippen molar-refractivity contribution < 1.29 is 0 Å². The van der Waals surface area contributed by atoms with Crippen LogP contribution in [0.4, 0.5) is 0 Å². The van der Waals surface area contributed by atoms with E-state index in [9.17, 15) is 0 Å². The highest BCUT2D eigenvalue weighted by Crippen LogP contribution is 2.26. The van der Waals surface area contributed by atoms with Crippen molar-refractivity contribution in [3.05, 3.63) is 50.9 Å². The molecule has 0 amide bonds. The molecule has 1 aromatic heterocycles. The van der Waals surface area contributed by atoms with E-state index in [0.717, 1.165) is 31.4 Å². The Balaban J connectivity index is 2.16. The van der Waals surface area contributed by atoms with E-state index in [-0.39, 0.29) is 0 Å². The average molecular weight is 366 g/mol. The lowest BCUT2D eigenvalue weighted by Gasteiger charge is -2.00. The number of fused-ring (bicyclic) bond motifs is 1. The van der Waals surface area contributed by atoms with Crippen molar-refractivity contribution in [2.75, 3.05) is 0 Å². The van der Waals surface area contributed by atoms with Crippen LogP contribution in [0.1, 0.15) is 5.56 Å². The average Bonchev–Trinajstić information content (AvgIpc) is 2.75. The van der Waals surface area contributed by atoms with Gasteiger partial charge in [0.2, 0.25) is 0 Å². The van der Waals surface area contributed by atoms with Crippen LogP contribution in [0, 0.1) is 6.92 Å². The summed E-state index contributed by atoms with van der Waals surface area (Å²) < 4.78 is 2.17. The Kier molecular flexibility index (Phi) is 2.99. The van der Waals surface area contributed by atoms with Crippen LogP contribution >= 0.6 is 31.9 Å². The van der Waals surface area contributed by atoms with Crippen LogP contribution in [0.15, 0.2) is 45.3 Å². The molecule has 1 N–H and O–H groups in total. The Labute approximate surface area is 122 Å². The van der Waals surface area contributed by atoms with Gasteiger partial charge in [-0.05, 0) is 42.8 Å². The number of hydrogen-bond acceptors (Lipinski definition) is 1. The largest absolute Gasteiger partial charge is 0.338 e. The summed E-state index contributed by atoms with van der Waals surface area (Å²) in [5.74, 6) is 0.902. The zero-order valence-electron chi connectivity index (χ0n) is 9.67. The van der Waals surface area contributed by atoms with Crippen molar-refractivity contribution in [2.45, 2.75) is 6.92 Å². The summed E-state index contributed by atoms with van der Waals surface area (Å²) in [6, 6.07) is 12.3. The molecule has 2 aromatic carbocycles. The summed E-state index contributed by atoms with van der Waals surface area (Å²) in [6.07, 6.45) is 0. The highest BCUT2D eigenvalue weighted by Gasteiger charge is 2.06. The molecule has 0 saturated heterocycles. The lowest BCUT2D eigenvalue weighted by atomic mass is 10.1. The first-order valence-corrected chi connectivity index (χ1v) is 7.14. The van der Waals surface area contributed by atoms with E-state index in [1.807, 2.05) is 24.3 Å². The van der Waals surface area contributed by atoms with Gasteiger partial charge >= 0.3 is 0 Å². The number of benzene rings is 2. The predicted octanol–water partition coefficient (Wildman–Crippen LogP) is 5.06. The van der Waals surface area contributed by atoms with Gasteiger partial charge in [-0.3, -0.25) is 0 Å². The first-order valence-electron chi connectivity index (χ1n) is 5.55. The Morgan fingerprint density at radius 2 is 1.89 bits per heavy atom. The molecule has 4 heteroatoms. The van der Waals surface area contributed by atoms with E-state index in [0.29, 0.717) is 0 Å². The van der Waals surface area contributed by atoms with Crippen LogP contribution < -0.4 is 0 Å². The molecule has 0 saturated carbocycles. The van der Waals surface area contributed by atoms with Gasteiger partial charge in [-0.15, -0.1) is 0 Å². The van der Waals surface area contributed by atoms with Crippen molar-refractivity contribution in [3.8, 4) is 11.4 Å². The summed E-state index contributed by atoms with van der Waals surface area (Å²) in [5.41, 5.74) is 4.32. The molecular weight excluding hydrogens is 356 g/mol. The predicted molar refractivity (Wildman–Crippen MR) is 81.7 cm³/mol. The third kappa shape index (κ3) is 2.10. The van der Waals surface area contributed by atoms with Crippen LogP contribution in [0.5, 0.6) is 0 Å². The van der Waals surface area contributed by atoms with E-state index in [1.165, 1.54) is 5.56 Å². The summed E-state index contributed by atoms with van der Waals surface area (Å²) in [6.45, 7) is 2.08. The van der Waals surface area contributed by atoms with Gasteiger partial charge in [0.05, 0.1) is 11.0 Å². The van der Waals surface area contributed by atoms with Crippen LogP contribution in [-0.2, 0) is 0 Å². The summed E-state index contributed by atoms with van der Waals surface area (Å²) in [4.78, 5) is 7.95. The minimum absolute atomic E-state index is 0.902. The number of halogens is 2. The van der Waals surface area contributed by atoms with E-state index in [4.69, 9.17) is 0 Å². The SMILES string of the molecule is Cc1cc(-c2nc3ccc(Br)cc3[nH]2)ccc1Br. The summed E-state index contributed by atoms with van der Waals surface area (Å²) >= 11 is 6.97. The van der Waals surface area contributed by atoms with Crippen molar-refractivity contribution in [3.63, 3.8) is 0 Å². The zero-order chi connectivity index (χ0) is 12.7. The molecule has 18 heavy (non-hydrogen) atoms. The molecule has 0 radical (unpaired) electrons. The number of nitrogens with one attached hydrogen (secondary N) is 1. The second-order valence-electron chi connectivity index (χ2n) is 4.21. The number of aromatic amines is 1. The second kappa shape index (κ2) is 4.52. The molecule has 3 rings (SSSR count). The monoisotopic (exact) mass is 364 g/mol. The molecule has 0 bridgehead atoms. The van der Waals surface area contributed by atoms with Crippen LogP contribution in [-0.4, -0.2) is 9.97 Å². The minimum Gasteiger partial charge on any atom is -0.338 e. The maximum Gasteiger partial charge on any atom is 0.138 e. The number of imidazole rings is 1. The van der Waals surface area contributed by atoms with Gasteiger partial charge < -0.3 is 4.98 Å². The molecule has 0 spiro atoms. The van der Waals surface area contributed by atoms with E-state index in [2.05, 4.69) is 60.9 Å². The first-order chi connectivity index (χ1) is 8.63. The normalized spacial score (nSPS) is 11.1. The molecule has 1 heterocycles. The van der Waals surface area contributed by atoms with E-state index in [1.54, 1.807) is 0 Å². The number of aromatic nitrogens is 2. The number of aryl methyl sites for hydroxylation is 1. The van der Waals surface area contributed by atoms with Crippen molar-refractivity contribution in [1.82, 2.24) is 9.97 Å². The lowest BCUT2D eigenvalue weighted by Crippen LogP contribution is -1.82. The molecule has 0 aliphatic rings. The standard InChI is InChI=1S/C14H10Br2N2/c1-8-6-9(2-4-11(8)16)14-17-12-5-3-10(15)7-13(12)18-14/h2-7H,1H3,(H,17,18). The van der Waals surface area contributed by atoms with Crippen LogP contribution in [0.3, 0.4) is 0 Å². The van der Waals surface area contributed by atoms with Gasteiger partial charge in [-0.1, -0.05) is 37.9 Å². The van der Waals surface area contributed by atoms with Crippen molar-refractivity contribution >= 4 is 42.9 Å². The maximum absolute atomic E-state index is 4.60. The molecule has 0 unspecified atom stereocenters. The van der Waals surface area contributed by atoms with Crippen molar-refractivity contribution in [2.24, 2.45) is 0 Å². The first kappa shape index (κ1) is 11.9. The van der Waals surface area contributed by atoms with E-state index >= 15 is 0 Å². The Morgan fingerprint density at radius 3 is 2.67 bits per heavy atom. The fourth-order valence-electron chi connectivity index (χ4n) is 1.91. The lowest BCUT2D eigenvalue weighted by molar-refractivity contribution is 1.32. The minimum atomic E-state index is 0.902. The number of H-pyrrole nitrogens is 1. The molecule has 2 nitrogen and oxygen atoms in total. The van der Waals surface area contributed by atoms with Gasteiger partial charge in [-0.25, -0.2) is 4.98 Å². The Bertz CT molecular complexity index is 732. The van der Waals surface area contributed by atoms with Gasteiger partial charge in [0.25, 0.3) is 0 Å². The Morgan fingerprint density at radius 1 is 1.06 bits per heavy atom. The third-order valence-electron chi connectivity index (χ3n) is 2.88. The van der Waals surface area contributed by atoms with Crippen molar-refractivity contribution in [1.29, 1.82) is 0 Å². The van der Waals surface area contributed by atoms with E-state index < -0.39 is 0 Å². The maximum atomic E-state index is 4.60. The molecule has 0 atom stereocenters. The van der Waals surface area contributed by atoms with Gasteiger partial charge in [-0.2, -0.15) is 0 Å². The smallest absolute Gasteiger partial charge is 0.138 e. The second-order valence-corrected chi connectivity index (χ2v) is 5.98. The quantitative estimate of drug-likeness (QED) is 0.641. The number of rotatable bonds is 1. The zero-order valence-corrected chi connectivity index (χ0v) is 12.8. The molecule has 90 valence electrons. The topological polar surface area (TPSA) is 28.7 Å². The summed E-state index contributed by atoms with van der Waals surface area (Å²) in [7, 11) is 0.